The summed E-state index contributed by atoms with van der Waals surface area (Å²) in [7, 11) is -3.27. The molecule has 0 aliphatic heterocycles. The number of benzene rings is 2. The summed E-state index contributed by atoms with van der Waals surface area (Å²) in [4.78, 5) is 23.9. The summed E-state index contributed by atoms with van der Waals surface area (Å²) in [6, 6.07) is 5.33. The molecule has 2 amide bonds. The molecule has 35 heavy (non-hydrogen) atoms. The Morgan fingerprint density at radius 1 is 1.00 bits per heavy atom. The summed E-state index contributed by atoms with van der Waals surface area (Å²) < 4.78 is 79.2. The van der Waals surface area contributed by atoms with Crippen LogP contribution in [0.2, 0.25) is 0 Å². The summed E-state index contributed by atoms with van der Waals surface area (Å²) in [6.07, 6.45) is -0.742. The molecule has 192 valence electrons. The second-order valence-electron chi connectivity index (χ2n) is 8.48. The van der Waals surface area contributed by atoms with Gasteiger partial charge in [0.15, 0.2) is 17.4 Å². The third kappa shape index (κ3) is 7.86. The van der Waals surface area contributed by atoms with Gasteiger partial charge in [0, 0.05) is 20.1 Å². The second kappa shape index (κ2) is 11.0. The highest BCUT2D eigenvalue weighted by Crippen LogP contribution is 2.31. The first-order valence-electron chi connectivity index (χ1n) is 10.2. The van der Waals surface area contributed by atoms with Crippen molar-refractivity contribution in [2.45, 2.75) is 31.3 Å². The van der Waals surface area contributed by atoms with Crippen molar-refractivity contribution < 1.29 is 40.7 Å². The number of carbonyl (C=O) groups excluding carboxylic acids is 2. The average Bonchev–Trinajstić information content (AvgIpc) is 2.73. The molecule has 0 atom stereocenters. The Balaban J connectivity index is 2.28. The van der Waals surface area contributed by atoms with Crippen LogP contribution >= 0.6 is 0 Å². The Kier molecular flexibility index (Phi) is 8.74. The van der Waals surface area contributed by atoms with Crippen LogP contribution in [0.25, 0.3) is 0 Å². The molecule has 0 spiro atoms. The number of sulfonamides is 1. The lowest BCUT2D eigenvalue weighted by Crippen LogP contribution is -2.44. The zero-order valence-electron chi connectivity index (χ0n) is 19.5. The quantitative estimate of drug-likeness (QED) is 0.546. The number of nitrogens with zero attached hydrogens (tertiary/aromatic N) is 2. The smallest absolute Gasteiger partial charge is 0.410 e. The molecule has 0 aliphatic carbocycles. The van der Waals surface area contributed by atoms with Crippen molar-refractivity contribution in [3.05, 3.63) is 53.8 Å². The number of rotatable bonds is 9. The van der Waals surface area contributed by atoms with Crippen LogP contribution in [0.1, 0.15) is 20.8 Å². The van der Waals surface area contributed by atoms with Gasteiger partial charge >= 0.3 is 6.09 Å². The van der Waals surface area contributed by atoms with Gasteiger partial charge < -0.3 is 20.1 Å². The number of halogens is 3. The van der Waals surface area contributed by atoms with Crippen molar-refractivity contribution in [2.24, 2.45) is 5.73 Å². The van der Waals surface area contributed by atoms with E-state index in [9.17, 15) is 31.2 Å². The third-order valence-electron chi connectivity index (χ3n) is 4.37. The summed E-state index contributed by atoms with van der Waals surface area (Å²) in [5, 5.41) is 0. The van der Waals surface area contributed by atoms with Crippen LogP contribution in [0.5, 0.6) is 11.5 Å². The minimum absolute atomic E-state index is 0.0830. The highest BCUT2D eigenvalue weighted by Gasteiger charge is 2.30. The Morgan fingerprint density at radius 2 is 1.54 bits per heavy atom. The molecule has 13 heteroatoms. The highest BCUT2D eigenvalue weighted by atomic mass is 32.2. The van der Waals surface area contributed by atoms with Gasteiger partial charge in [0.05, 0.1) is 11.4 Å². The highest BCUT2D eigenvalue weighted by molar-refractivity contribution is 7.89. The van der Waals surface area contributed by atoms with E-state index in [2.05, 4.69) is 0 Å². The summed E-state index contributed by atoms with van der Waals surface area (Å²) in [5.74, 6) is -5.30. The Labute approximate surface area is 201 Å². The molecule has 0 heterocycles. The second-order valence-corrected chi connectivity index (χ2v) is 10.4. The predicted molar refractivity (Wildman–Crippen MR) is 120 cm³/mol. The van der Waals surface area contributed by atoms with Crippen LogP contribution in [0.4, 0.5) is 18.0 Å². The van der Waals surface area contributed by atoms with Crippen molar-refractivity contribution in [2.75, 3.05) is 26.7 Å². The van der Waals surface area contributed by atoms with Gasteiger partial charge in [-0.1, -0.05) is 0 Å². The molecule has 2 N–H and O–H groups in total. The van der Waals surface area contributed by atoms with E-state index in [0.717, 1.165) is 29.2 Å². The summed E-state index contributed by atoms with van der Waals surface area (Å²) in [6.45, 7) is 3.51. The van der Waals surface area contributed by atoms with E-state index in [4.69, 9.17) is 15.2 Å². The van der Waals surface area contributed by atoms with E-state index in [1.54, 1.807) is 20.8 Å². The number of ether oxygens (including phenoxy) is 2. The molecule has 0 fully saturated rings. The van der Waals surface area contributed by atoms with Gasteiger partial charge in [0.25, 0.3) is 0 Å². The van der Waals surface area contributed by atoms with E-state index >= 15 is 0 Å². The summed E-state index contributed by atoms with van der Waals surface area (Å²) >= 11 is 0. The van der Waals surface area contributed by atoms with Crippen LogP contribution in [0, 0.1) is 17.5 Å². The number of carbonyl (C=O) groups is 2. The van der Waals surface area contributed by atoms with Crippen molar-refractivity contribution in [1.82, 2.24) is 9.21 Å². The molecule has 9 nitrogen and oxygen atoms in total. The first-order chi connectivity index (χ1) is 16.1. The van der Waals surface area contributed by atoms with Gasteiger partial charge in [-0.05, 0) is 57.2 Å². The van der Waals surface area contributed by atoms with Crippen LogP contribution in [0.3, 0.4) is 0 Å². The number of primary amides is 1. The first-order valence-corrected chi connectivity index (χ1v) is 11.7. The molecular weight excluding hydrogens is 491 g/mol. The lowest BCUT2D eigenvalue weighted by molar-refractivity contribution is -0.118. The molecule has 2 aromatic carbocycles. The molecule has 0 aliphatic rings. The van der Waals surface area contributed by atoms with Gasteiger partial charge in [-0.3, -0.25) is 4.79 Å². The molecule has 2 rings (SSSR count). The van der Waals surface area contributed by atoms with Gasteiger partial charge in [-0.15, -0.1) is 0 Å². The van der Waals surface area contributed by atoms with Crippen LogP contribution in [-0.2, 0) is 19.6 Å². The lowest BCUT2D eigenvalue weighted by atomic mass is 10.2. The molecule has 0 bridgehead atoms. The zero-order chi connectivity index (χ0) is 26.6. The minimum atomic E-state index is -4.62. The molecule has 0 aromatic heterocycles. The monoisotopic (exact) mass is 517 g/mol. The Bertz CT molecular complexity index is 1160. The van der Waals surface area contributed by atoms with Crippen LogP contribution in [0.15, 0.2) is 41.3 Å². The zero-order valence-corrected chi connectivity index (χ0v) is 20.4. The lowest BCUT2D eigenvalue weighted by Gasteiger charge is -2.27. The van der Waals surface area contributed by atoms with E-state index < -0.39 is 68.8 Å². The fraction of sp³-hybridized carbons (Fsp3) is 0.364. The molecule has 0 radical (unpaired) electrons. The number of hydrogen-bond donors (Lipinski definition) is 1. The van der Waals surface area contributed by atoms with Crippen molar-refractivity contribution >= 4 is 22.0 Å². The van der Waals surface area contributed by atoms with Gasteiger partial charge in [-0.2, -0.15) is 4.31 Å². The molecule has 0 saturated carbocycles. The maximum Gasteiger partial charge on any atom is 0.410 e. The molecule has 0 unspecified atom stereocenters. The van der Waals surface area contributed by atoms with Crippen LogP contribution < -0.4 is 10.5 Å². The fourth-order valence-corrected chi connectivity index (χ4v) is 4.13. The SMILES string of the molecule is CN(CCN(CC(N)=O)S(=O)(=O)c1cc(F)c(Oc2ccc(F)cc2)c(F)c1)C(=O)OC(C)(C)C. The van der Waals surface area contributed by atoms with Crippen LogP contribution in [-0.4, -0.2) is 61.9 Å². The normalized spacial score (nSPS) is 11.9. The maximum atomic E-state index is 14.6. The summed E-state index contributed by atoms with van der Waals surface area (Å²) in [5.41, 5.74) is 4.36. The van der Waals surface area contributed by atoms with E-state index in [-0.39, 0.29) is 12.3 Å². The maximum absolute atomic E-state index is 14.6. The Hall–Kier alpha value is -3.32. The molecular formula is C22H26F3N3O6S. The van der Waals surface area contributed by atoms with E-state index in [1.165, 1.54) is 7.05 Å². The van der Waals surface area contributed by atoms with E-state index in [1.807, 2.05) is 0 Å². The number of hydrogen-bond acceptors (Lipinski definition) is 6. The minimum Gasteiger partial charge on any atom is -0.451 e. The number of amides is 2. The number of likely N-dealkylation sites (N-methyl/N-ethyl adjacent to an activating group) is 1. The van der Waals surface area contributed by atoms with E-state index in [0.29, 0.717) is 16.4 Å². The largest absolute Gasteiger partial charge is 0.451 e. The first kappa shape index (κ1) is 27.9. The molecule has 2 aromatic rings. The van der Waals surface area contributed by atoms with Crippen molar-refractivity contribution in [3.63, 3.8) is 0 Å². The van der Waals surface area contributed by atoms with Gasteiger partial charge in [0.2, 0.25) is 15.9 Å². The third-order valence-corrected chi connectivity index (χ3v) is 6.19. The van der Waals surface area contributed by atoms with Gasteiger partial charge in [-0.25, -0.2) is 26.4 Å². The molecule has 0 saturated heterocycles. The Morgan fingerprint density at radius 3 is 2.03 bits per heavy atom. The standard InChI is InChI=1S/C22H26F3N3O6S/c1-22(2,3)34-21(30)27(4)9-10-28(13-19(26)29)35(31,32)16-11-17(24)20(18(25)12-16)33-15-7-5-14(23)6-8-15/h5-8,11-12H,9-10,13H2,1-4H3,(H2,26,29). The average molecular weight is 518 g/mol. The topological polar surface area (TPSA) is 119 Å². The fourth-order valence-electron chi connectivity index (χ4n) is 2.70. The van der Waals surface area contributed by atoms with Crippen molar-refractivity contribution in [1.29, 1.82) is 0 Å². The van der Waals surface area contributed by atoms with Crippen molar-refractivity contribution in [3.8, 4) is 11.5 Å². The van der Waals surface area contributed by atoms with Gasteiger partial charge in [0.1, 0.15) is 17.2 Å². The number of nitrogens with two attached hydrogens (primary N) is 1. The predicted octanol–water partition coefficient (Wildman–Crippen LogP) is 3.24.